The molecule has 0 bridgehead atoms. The molecule has 0 aliphatic carbocycles. The Morgan fingerprint density at radius 2 is 2.03 bits per heavy atom. The van der Waals surface area contributed by atoms with Crippen molar-refractivity contribution in [2.24, 2.45) is 0 Å². The van der Waals surface area contributed by atoms with Gasteiger partial charge < -0.3 is 10.1 Å². The third-order valence-electron chi connectivity index (χ3n) is 3.65. The first-order chi connectivity index (χ1) is 13.9. The molecule has 1 atom stereocenters. The first-order valence-electron chi connectivity index (χ1n) is 8.06. The van der Waals surface area contributed by atoms with Gasteiger partial charge in [0.05, 0.1) is 6.04 Å². The SMILES string of the molecule is C[C@H](NC(=O)c1cc(Br)cc(OC(F)F)c1)c1ncnn1-c1cc(C#N)ncn1. The Bertz CT molecular complexity index is 1080. The van der Waals surface area contributed by atoms with Crippen molar-refractivity contribution >= 4 is 21.8 Å². The number of ether oxygens (including phenoxy) is 1. The van der Waals surface area contributed by atoms with E-state index in [1.807, 2.05) is 6.07 Å². The van der Waals surface area contributed by atoms with Crippen molar-refractivity contribution in [1.82, 2.24) is 30.0 Å². The molecule has 1 aromatic carbocycles. The van der Waals surface area contributed by atoms with Gasteiger partial charge in [0.25, 0.3) is 5.91 Å². The first kappa shape index (κ1) is 20.3. The van der Waals surface area contributed by atoms with Gasteiger partial charge in [-0.05, 0) is 25.1 Å². The molecule has 12 heteroatoms. The normalized spacial score (nSPS) is 11.7. The standard InChI is InChI=1S/C17H12BrF2N7O2/c1-9(15-24-8-25-27(15)14-5-12(6-21)22-7-23-14)26-16(28)10-2-11(18)4-13(3-10)29-17(19)20/h2-5,7-9,17H,1H3,(H,26,28)/t9-/m0/s1. The lowest BCUT2D eigenvalue weighted by molar-refractivity contribution is -0.0499. The highest BCUT2D eigenvalue weighted by Gasteiger charge is 2.19. The number of rotatable bonds is 6. The minimum absolute atomic E-state index is 0.113. The fourth-order valence-electron chi connectivity index (χ4n) is 2.46. The highest BCUT2D eigenvalue weighted by Crippen LogP contribution is 2.24. The van der Waals surface area contributed by atoms with Crippen molar-refractivity contribution in [3.05, 3.63) is 58.5 Å². The molecule has 0 aliphatic heterocycles. The number of carbonyl (C=O) groups excluding carboxylic acids is 1. The summed E-state index contributed by atoms with van der Waals surface area (Å²) in [7, 11) is 0. The number of hydrogen-bond donors (Lipinski definition) is 1. The van der Waals surface area contributed by atoms with E-state index < -0.39 is 18.6 Å². The van der Waals surface area contributed by atoms with E-state index in [1.54, 1.807) is 6.92 Å². The third kappa shape index (κ3) is 4.88. The van der Waals surface area contributed by atoms with Gasteiger partial charge in [0, 0.05) is 16.1 Å². The maximum atomic E-state index is 12.6. The van der Waals surface area contributed by atoms with Crippen molar-refractivity contribution in [3.63, 3.8) is 0 Å². The average molecular weight is 464 g/mol. The molecule has 0 saturated carbocycles. The van der Waals surface area contributed by atoms with Crippen LogP contribution in [0.2, 0.25) is 0 Å². The lowest BCUT2D eigenvalue weighted by Gasteiger charge is -2.15. The van der Waals surface area contributed by atoms with Gasteiger partial charge in [-0.1, -0.05) is 15.9 Å². The van der Waals surface area contributed by atoms with Crippen molar-refractivity contribution in [2.75, 3.05) is 0 Å². The lowest BCUT2D eigenvalue weighted by atomic mass is 10.2. The zero-order valence-electron chi connectivity index (χ0n) is 14.8. The molecule has 1 N–H and O–H groups in total. The van der Waals surface area contributed by atoms with Gasteiger partial charge in [0.1, 0.15) is 30.2 Å². The fourth-order valence-corrected chi connectivity index (χ4v) is 2.93. The molecular formula is C17H12BrF2N7O2. The predicted molar refractivity (Wildman–Crippen MR) is 98.3 cm³/mol. The Kier molecular flexibility index (Phi) is 6.08. The zero-order valence-corrected chi connectivity index (χ0v) is 16.3. The largest absolute Gasteiger partial charge is 0.435 e. The zero-order chi connectivity index (χ0) is 21.0. The maximum absolute atomic E-state index is 12.6. The summed E-state index contributed by atoms with van der Waals surface area (Å²) in [5.74, 6) is -0.0338. The summed E-state index contributed by atoms with van der Waals surface area (Å²) in [5.41, 5.74) is 0.260. The molecule has 1 amide bonds. The van der Waals surface area contributed by atoms with E-state index in [0.717, 1.165) is 0 Å². The van der Waals surface area contributed by atoms with Gasteiger partial charge in [0.2, 0.25) is 0 Å². The highest BCUT2D eigenvalue weighted by molar-refractivity contribution is 9.10. The van der Waals surface area contributed by atoms with E-state index in [0.29, 0.717) is 16.1 Å². The van der Waals surface area contributed by atoms with Crippen LogP contribution in [0.3, 0.4) is 0 Å². The molecule has 0 fully saturated rings. The van der Waals surface area contributed by atoms with Crippen LogP contribution >= 0.6 is 15.9 Å². The quantitative estimate of drug-likeness (QED) is 0.596. The first-order valence-corrected chi connectivity index (χ1v) is 8.85. The number of hydrogen-bond acceptors (Lipinski definition) is 7. The molecule has 3 rings (SSSR count). The lowest BCUT2D eigenvalue weighted by Crippen LogP contribution is -2.29. The second-order valence-electron chi connectivity index (χ2n) is 5.65. The van der Waals surface area contributed by atoms with Gasteiger partial charge >= 0.3 is 6.61 Å². The molecule has 3 aromatic rings. The van der Waals surface area contributed by atoms with E-state index in [1.165, 1.54) is 41.6 Å². The molecule has 9 nitrogen and oxygen atoms in total. The summed E-state index contributed by atoms with van der Waals surface area (Å²) in [4.78, 5) is 24.6. The minimum atomic E-state index is -3.01. The molecule has 0 spiro atoms. The molecule has 2 aromatic heterocycles. The number of nitrogens with zero attached hydrogens (tertiary/aromatic N) is 6. The van der Waals surface area contributed by atoms with E-state index >= 15 is 0 Å². The maximum Gasteiger partial charge on any atom is 0.387 e. The second-order valence-corrected chi connectivity index (χ2v) is 6.57. The van der Waals surface area contributed by atoms with Crippen LogP contribution in [0.1, 0.15) is 34.8 Å². The molecule has 2 heterocycles. The highest BCUT2D eigenvalue weighted by atomic mass is 79.9. The molecule has 0 unspecified atom stereocenters. The van der Waals surface area contributed by atoms with Crippen molar-refractivity contribution in [1.29, 1.82) is 5.26 Å². The molecule has 0 radical (unpaired) electrons. The van der Waals surface area contributed by atoms with Crippen LogP contribution in [0.4, 0.5) is 8.78 Å². The monoisotopic (exact) mass is 463 g/mol. The number of nitriles is 1. The van der Waals surface area contributed by atoms with Gasteiger partial charge in [-0.2, -0.15) is 23.8 Å². The van der Waals surface area contributed by atoms with Crippen LogP contribution in [0, 0.1) is 11.3 Å². The second kappa shape index (κ2) is 8.70. The molecule has 0 saturated heterocycles. The van der Waals surface area contributed by atoms with Crippen LogP contribution in [-0.4, -0.2) is 37.3 Å². The summed E-state index contributed by atoms with van der Waals surface area (Å²) in [6, 6.07) is 6.70. The van der Waals surface area contributed by atoms with Crippen LogP contribution < -0.4 is 10.1 Å². The van der Waals surface area contributed by atoms with Gasteiger partial charge in [-0.3, -0.25) is 4.79 Å². The Morgan fingerprint density at radius 3 is 2.76 bits per heavy atom. The Morgan fingerprint density at radius 1 is 1.24 bits per heavy atom. The number of nitrogens with one attached hydrogen (secondary N) is 1. The van der Waals surface area contributed by atoms with Crippen LogP contribution in [0.5, 0.6) is 5.75 Å². The average Bonchev–Trinajstić information content (AvgIpc) is 3.17. The number of halogens is 3. The number of amides is 1. The van der Waals surface area contributed by atoms with E-state index in [9.17, 15) is 13.6 Å². The Hall–Kier alpha value is -3.46. The summed E-state index contributed by atoms with van der Waals surface area (Å²) >= 11 is 3.16. The van der Waals surface area contributed by atoms with Gasteiger partial charge in [0.15, 0.2) is 11.6 Å². The predicted octanol–water partition coefficient (Wildman–Crippen LogP) is 2.78. The summed E-state index contributed by atoms with van der Waals surface area (Å²) < 4.78 is 31.0. The van der Waals surface area contributed by atoms with E-state index in [4.69, 9.17) is 5.26 Å². The third-order valence-corrected chi connectivity index (χ3v) is 4.11. The Labute approximate surface area is 171 Å². The number of carbonyl (C=O) groups is 1. The van der Waals surface area contributed by atoms with Crippen molar-refractivity contribution in [2.45, 2.75) is 19.6 Å². The molecule has 0 aliphatic rings. The molecular weight excluding hydrogens is 452 g/mol. The number of benzene rings is 1. The van der Waals surface area contributed by atoms with Crippen LogP contribution in [0.25, 0.3) is 5.82 Å². The Balaban J connectivity index is 1.82. The van der Waals surface area contributed by atoms with E-state index in [-0.39, 0.29) is 17.0 Å². The van der Waals surface area contributed by atoms with Gasteiger partial charge in [-0.15, -0.1) is 0 Å². The topological polar surface area (TPSA) is 119 Å². The summed E-state index contributed by atoms with van der Waals surface area (Å²) in [6.07, 6.45) is 2.49. The summed E-state index contributed by atoms with van der Waals surface area (Å²) in [6.45, 7) is -1.34. The van der Waals surface area contributed by atoms with Crippen molar-refractivity contribution in [3.8, 4) is 17.6 Å². The molecule has 148 valence electrons. The minimum Gasteiger partial charge on any atom is -0.435 e. The van der Waals surface area contributed by atoms with Crippen molar-refractivity contribution < 1.29 is 18.3 Å². The molecule has 29 heavy (non-hydrogen) atoms. The van der Waals surface area contributed by atoms with Gasteiger partial charge in [-0.25, -0.2) is 15.0 Å². The number of alkyl halides is 2. The van der Waals surface area contributed by atoms with Crippen LogP contribution in [0.15, 0.2) is 41.4 Å². The van der Waals surface area contributed by atoms with E-state index in [2.05, 4.69) is 46.0 Å². The van der Waals surface area contributed by atoms with Crippen LogP contribution in [-0.2, 0) is 0 Å². The summed E-state index contributed by atoms with van der Waals surface area (Å²) in [5, 5.41) is 15.8. The fraction of sp³-hybridized carbons (Fsp3) is 0.176. The number of aromatic nitrogens is 5. The smallest absolute Gasteiger partial charge is 0.387 e.